The summed E-state index contributed by atoms with van der Waals surface area (Å²) in [5.74, 6) is -0.998. The van der Waals surface area contributed by atoms with Gasteiger partial charge in [-0.15, -0.1) is 0 Å². The van der Waals surface area contributed by atoms with Crippen LogP contribution in [0.1, 0.15) is 10.4 Å². The molecule has 18 heavy (non-hydrogen) atoms. The fraction of sp³-hybridized carbons (Fsp3) is 0. The molecule has 0 heterocycles. The van der Waals surface area contributed by atoms with Gasteiger partial charge in [0.25, 0.3) is 5.91 Å². The highest BCUT2D eigenvalue weighted by atomic mass is 16.3. The zero-order chi connectivity index (χ0) is 13.1. The Morgan fingerprint density at radius 3 is 2.50 bits per heavy atom. The molecule has 0 atom stereocenters. The van der Waals surface area contributed by atoms with Crippen molar-refractivity contribution in [3.05, 3.63) is 48.0 Å². The van der Waals surface area contributed by atoms with E-state index < -0.39 is 5.91 Å². The summed E-state index contributed by atoms with van der Waals surface area (Å²) in [5.41, 5.74) is 6.94. The Hall–Kier alpha value is -2.69. The number of aromatic hydroxyl groups is 2. The Bertz CT molecular complexity index is 597. The zero-order valence-electron chi connectivity index (χ0n) is 9.42. The fourth-order valence-corrected chi connectivity index (χ4v) is 1.48. The minimum atomic E-state index is -0.393. The Balaban J connectivity index is 2.19. The number of carbonyl (C=O) groups excluding carboxylic acids is 1. The lowest BCUT2D eigenvalue weighted by molar-refractivity contribution is 0.102. The van der Waals surface area contributed by atoms with E-state index >= 15 is 0 Å². The molecule has 2 aromatic rings. The Morgan fingerprint density at radius 2 is 1.83 bits per heavy atom. The van der Waals surface area contributed by atoms with Crippen LogP contribution in [0.3, 0.4) is 0 Å². The Morgan fingerprint density at radius 1 is 1.06 bits per heavy atom. The van der Waals surface area contributed by atoms with Gasteiger partial charge in [-0.1, -0.05) is 6.07 Å². The molecule has 5 heteroatoms. The number of carbonyl (C=O) groups is 1. The van der Waals surface area contributed by atoms with Crippen molar-refractivity contribution in [1.29, 1.82) is 0 Å². The van der Waals surface area contributed by atoms with Gasteiger partial charge >= 0.3 is 0 Å². The largest absolute Gasteiger partial charge is 0.504 e. The van der Waals surface area contributed by atoms with Gasteiger partial charge in [-0.05, 0) is 36.4 Å². The molecule has 2 aromatic carbocycles. The molecule has 1 amide bonds. The number of amides is 1. The molecule has 5 nitrogen and oxygen atoms in total. The fourth-order valence-electron chi connectivity index (χ4n) is 1.48. The summed E-state index contributed by atoms with van der Waals surface area (Å²) < 4.78 is 0. The lowest BCUT2D eigenvalue weighted by Crippen LogP contribution is -2.11. The highest BCUT2D eigenvalue weighted by Gasteiger charge is 2.09. The van der Waals surface area contributed by atoms with Crippen LogP contribution >= 0.6 is 0 Å². The van der Waals surface area contributed by atoms with Crippen LogP contribution in [0.2, 0.25) is 0 Å². The van der Waals surface area contributed by atoms with Crippen LogP contribution in [0.4, 0.5) is 11.4 Å². The number of hydrogen-bond donors (Lipinski definition) is 4. The van der Waals surface area contributed by atoms with Crippen molar-refractivity contribution in [2.75, 3.05) is 11.1 Å². The number of phenols is 2. The molecule has 0 aliphatic heterocycles. The SMILES string of the molecule is Nc1cccc(NC(=O)c2ccc(O)c(O)c2)c1. The monoisotopic (exact) mass is 244 g/mol. The van der Waals surface area contributed by atoms with Crippen molar-refractivity contribution in [2.45, 2.75) is 0 Å². The molecule has 0 fully saturated rings. The number of phenolic OH excluding ortho intramolecular Hbond substituents is 2. The zero-order valence-corrected chi connectivity index (χ0v) is 9.42. The summed E-state index contributed by atoms with van der Waals surface area (Å²) in [6.45, 7) is 0. The first kappa shape index (κ1) is 11.8. The first-order chi connectivity index (χ1) is 8.56. The van der Waals surface area contributed by atoms with Crippen molar-refractivity contribution in [1.82, 2.24) is 0 Å². The smallest absolute Gasteiger partial charge is 0.255 e. The predicted octanol–water partition coefficient (Wildman–Crippen LogP) is 1.93. The maximum Gasteiger partial charge on any atom is 0.255 e. The van der Waals surface area contributed by atoms with E-state index in [4.69, 9.17) is 10.8 Å². The van der Waals surface area contributed by atoms with Crippen molar-refractivity contribution in [3.63, 3.8) is 0 Å². The lowest BCUT2D eigenvalue weighted by Gasteiger charge is -2.06. The molecule has 0 unspecified atom stereocenters. The number of hydrogen-bond acceptors (Lipinski definition) is 4. The summed E-state index contributed by atoms with van der Waals surface area (Å²) in [5, 5.41) is 21.1. The second-order valence-corrected chi connectivity index (χ2v) is 3.78. The molecular weight excluding hydrogens is 232 g/mol. The van der Waals surface area contributed by atoms with E-state index in [1.165, 1.54) is 18.2 Å². The highest BCUT2D eigenvalue weighted by molar-refractivity contribution is 6.04. The average Bonchev–Trinajstić information content (AvgIpc) is 2.32. The van der Waals surface area contributed by atoms with Crippen LogP contribution in [-0.4, -0.2) is 16.1 Å². The molecule has 0 aliphatic carbocycles. The number of benzene rings is 2. The minimum absolute atomic E-state index is 0.243. The number of rotatable bonds is 2. The van der Waals surface area contributed by atoms with Crippen molar-refractivity contribution in [3.8, 4) is 11.5 Å². The van der Waals surface area contributed by atoms with E-state index in [0.717, 1.165) is 0 Å². The molecule has 0 spiro atoms. The molecule has 0 aromatic heterocycles. The van der Waals surface area contributed by atoms with Crippen molar-refractivity contribution < 1.29 is 15.0 Å². The van der Waals surface area contributed by atoms with Gasteiger partial charge in [0, 0.05) is 16.9 Å². The maximum atomic E-state index is 11.8. The van der Waals surface area contributed by atoms with Crippen LogP contribution in [0.15, 0.2) is 42.5 Å². The third-order valence-corrected chi connectivity index (χ3v) is 2.38. The van der Waals surface area contributed by atoms with Crippen LogP contribution in [0.25, 0.3) is 0 Å². The quantitative estimate of drug-likeness (QED) is 0.479. The van der Waals surface area contributed by atoms with Crippen LogP contribution in [0.5, 0.6) is 11.5 Å². The second-order valence-electron chi connectivity index (χ2n) is 3.78. The number of nitrogens with two attached hydrogens (primary N) is 1. The summed E-state index contributed by atoms with van der Waals surface area (Å²) in [6, 6.07) is 10.6. The first-order valence-corrected chi connectivity index (χ1v) is 5.25. The average molecular weight is 244 g/mol. The molecular formula is C13H12N2O3. The van der Waals surface area contributed by atoms with Crippen LogP contribution < -0.4 is 11.1 Å². The van der Waals surface area contributed by atoms with Gasteiger partial charge < -0.3 is 21.3 Å². The topological polar surface area (TPSA) is 95.6 Å². The minimum Gasteiger partial charge on any atom is -0.504 e. The van der Waals surface area contributed by atoms with Gasteiger partial charge in [0.2, 0.25) is 0 Å². The Kier molecular flexibility index (Phi) is 3.05. The number of anilines is 2. The molecule has 0 bridgehead atoms. The van der Waals surface area contributed by atoms with Gasteiger partial charge in [-0.25, -0.2) is 0 Å². The van der Waals surface area contributed by atoms with E-state index in [0.29, 0.717) is 11.4 Å². The Labute approximate surface area is 103 Å². The molecule has 0 radical (unpaired) electrons. The lowest BCUT2D eigenvalue weighted by atomic mass is 10.2. The first-order valence-electron chi connectivity index (χ1n) is 5.25. The molecule has 5 N–H and O–H groups in total. The van der Waals surface area contributed by atoms with E-state index in [9.17, 15) is 9.90 Å². The van der Waals surface area contributed by atoms with Crippen molar-refractivity contribution in [2.24, 2.45) is 0 Å². The summed E-state index contributed by atoms with van der Waals surface area (Å²) in [6.07, 6.45) is 0. The van der Waals surface area contributed by atoms with Crippen molar-refractivity contribution >= 4 is 17.3 Å². The third kappa shape index (κ3) is 2.52. The molecule has 92 valence electrons. The number of nitrogen functional groups attached to an aromatic ring is 1. The summed E-state index contributed by atoms with van der Waals surface area (Å²) >= 11 is 0. The molecule has 0 aliphatic rings. The normalized spacial score (nSPS) is 10.0. The predicted molar refractivity (Wildman–Crippen MR) is 68.6 cm³/mol. The van der Waals surface area contributed by atoms with Crippen LogP contribution in [-0.2, 0) is 0 Å². The van der Waals surface area contributed by atoms with E-state index in [2.05, 4.69) is 5.32 Å². The van der Waals surface area contributed by atoms with Gasteiger partial charge in [-0.3, -0.25) is 4.79 Å². The number of nitrogens with one attached hydrogen (secondary N) is 1. The molecule has 0 saturated heterocycles. The summed E-state index contributed by atoms with van der Waals surface area (Å²) in [7, 11) is 0. The highest BCUT2D eigenvalue weighted by Crippen LogP contribution is 2.25. The van der Waals surface area contributed by atoms with Gasteiger partial charge in [0.15, 0.2) is 11.5 Å². The van der Waals surface area contributed by atoms with Gasteiger partial charge in [0.05, 0.1) is 0 Å². The summed E-state index contributed by atoms with van der Waals surface area (Å²) in [4.78, 5) is 11.8. The van der Waals surface area contributed by atoms with E-state index in [-0.39, 0.29) is 17.1 Å². The van der Waals surface area contributed by atoms with Crippen LogP contribution in [0, 0.1) is 0 Å². The third-order valence-electron chi connectivity index (χ3n) is 2.38. The van der Waals surface area contributed by atoms with Gasteiger partial charge in [-0.2, -0.15) is 0 Å². The van der Waals surface area contributed by atoms with E-state index in [1.807, 2.05) is 0 Å². The maximum absolute atomic E-state index is 11.8. The standard InChI is InChI=1S/C13H12N2O3/c14-9-2-1-3-10(7-9)15-13(18)8-4-5-11(16)12(17)6-8/h1-7,16-17H,14H2,(H,15,18). The molecule has 0 saturated carbocycles. The van der Waals surface area contributed by atoms with E-state index in [1.54, 1.807) is 24.3 Å². The second kappa shape index (κ2) is 4.67. The molecule has 2 rings (SSSR count). The van der Waals surface area contributed by atoms with Gasteiger partial charge in [0.1, 0.15) is 0 Å².